The molecule has 1 N–H and O–H groups in total. The number of benzene rings is 1. The van der Waals surface area contributed by atoms with Gasteiger partial charge in [0.25, 0.3) is 0 Å². The highest BCUT2D eigenvalue weighted by atomic mass is 32.2. The molecule has 0 aliphatic rings. The van der Waals surface area contributed by atoms with Gasteiger partial charge in [-0.25, -0.2) is 13.2 Å². The van der Waals surface area contributed by atoms with Crippen molar-refractivity contribution in [2.75, 3.05) is 12.4 Å². The Kier molecular flexibility index (Phi) is 7.75. The van der Waals surface area contributed by atoms with E-state index in [0.29, 0.717) is 12.8 Å². The number of allylic oxidation sites excluding steroid dienone is 1. The zero-order chi connectivity index (χ0) is 20.6. The number of aromatic hydroxyl groups is 1. The van der Waals surface area contributed by atoms with Gasteiger partial charge in [0, 0.05) is 18.3 Å². The molecule has 0 saturated heterocycles. The van der Waals surface area contributed by atoms with Gasteiger partial charge >= 0.3 is 5.97 Å². The fraction of sp³-hybridized carbons (Fsp3) is 0.333. The normalized spacial score (nSPS) is 11.6. The molecule has 0 saturated carbocycles. The van der Waals surface area contributed by atoms with Gasteiger partial charge in [-0.3, -0.25) is 4.98 Å². The van der Waals surface area contributed by atoms with Crippen LogP contribution in [0.3, 0.4) is 0 Å². The van der Waals surface area contributed by atoms with Crippen LogP contribution in [0.15, 0.2) is 53.6 Å². The molecule has 0 spiro atoms. The molecule has 0 atom stereocenters. The summed E-state index contributed by atoms with van der Waals surface area (Å²) in [4.78, 5) is 16.4. The first-order chi connectivity index (χ1) is 13.4. The lowest BCUT2D eigenvalue weighted by Gasteiger charge is -2.12. The van der Waals surface area contributed by atoms with E-state index in [1.807, 2.05) is 25.1 Å². The molecular formula is C21H25NO5S. The number of esters is 1. The van der Waals surface area contributed by atoms with Crippen molar-refractivity contribution < 1.29 is 23.1 Å². The average molecular weight is 404 g/mol. The van der Waals surface area contributed by atoms with Gasteiger partial charge in [0.1, 0.15) is 11.3 Å². The second-order valence-corrected chi connectivity index (χ2v) is 8.35. The Morgan fingerprint density at radius 3 is 2.68 bits per heavy atom. The highest BCUT2D eigenvalue weighted by Gasteiger charge is 2.24. The molecule has 1 heterocycles. The molecule has 0 aliphatic heterocycles. The summed E-state index contributed by atoms with van der Waals surface area (Å²) < 4.78 is 30.6. The van der Waals surface area contributed by atoms with Crippen molar-refractivity contribution in [3.63, 3.8) is 0 Å². The summed E-state index contributed by atoms with van der Waals surface area (Å²) in [6.07, 6.45) is 7.08. The largest absolute Gasteiger partial charge is 0.507 e. The highest BCUT2D eigenvalue weighted by Crippen LogP contribution is 2.28. The Balaban J connectivity index is 2.16. The molecule has 1 aromatic heterocycles. The van der Waals surface area contributed by atoms with Crippen molar-refractivity contribution in [1.29, 1.82) is 0 Å². The molecule has 0 fully saturated rings. The fourth-order valence-electron chi connectivity index (χ4n) is 2.66. The van der Waals surface area contributed by atoms with Gasteiger partial charge in [-0.05, 0) is 43.2 Å². The first-order valence-corrected chi connectivity index (χ1v) is 10.8. The van der Waals surface area contributed by atoms with Crippen molar-refractivity contribution in [1.82, 2.24) is 4.98 Å². The maximum absolute atomic E-state index is 12.7. The number of hydrogen-bond donors (Lipinski definition) is 1. The lowest BCUT2D eigenvalue weighted by Crippen LogP contribution is -2.13. The number of aromatic nitrogens is 1. The topological polar surface area (TPSA) is 93.6 Å². The van der Waals surface area contributed by atoms with Crippen LogP contribution in [0.5, 0.6) is 5.75 Å². The number of unbranched alkanes of at least 4 members (excludes halogenated alkanes) is 1. The van der Waals surface area contributed by atoms with E-state index in [4.69, 9.17) is 4.74 Å². The summed E-state index contributed by atoms with van der Waals surface area (Å²) in [7, 11) is -3.67. The smallest absolute Gasteiger partial charge is 0.342 e. The summed E-state index contributed by atoms with van der Waals surface area (Å²) >= 11 is 0. The summed E-state index contributed by atoms with van der Waals surface area (Å²) in [5, 5.41) is 10.0. The monoisotopic (exact) mass is 403 g/mol. The third kappa shape index (κ3) is 5.66. The Bertz CT molecular complexity index is 937. The second kappa shape index (κ2) is 10.0. The van der Waals surface area contributed by atoms with Crippen LogP contribution in [0.1, 0.15) is 41.4 Å². The molecule has 28 heavy (non-hydrogen) atoms. The van der Waals surface area contributed by atoms with E-state index in [2.05, 4.69) is 4.98 Å². The molecule has 7 heteroatoms. The molecule has 2 rings (SSSR count). The van der Waals surface area contributed by atoms with Crippen LogP contribution in [0.4, 0.5) is 0 Å². The predicted octanol–water partition coefficient (Wildman–Crippen LogP) is 3.63. The number of hydrogen-bond acceptors (Lipinski definition) is 6. The maximum Gasteiger partial charge on any atom is 0.342 e. The molecule has 6 nitrogen and oxygen atoms in total. The summed E-state index contributed by atoms with van der Waals surface area (Å²) in [5.74, 6) is -1.22. The standard InChI is InChI=1S/C21H25NO5S/c1-3-4-14-27-21(24)20-16(2)19(12-11-18(20)23)28(25,26)15-8-6-10-17-9-5-7-13-22-17/h5-9,11-13,23H,3-4,10,14-15H2,1-2H3. The number of rotatable bonds is 9. The number of phenolic OH excluding ortho intramolecular Hbond substituents is 1. The maximum atomic E-state index is 12.7. The van der Waals surface area contributed by atoms with Gasteiger partial charge in [-0.1, -0.05) is 31.6 Å². The lowest BCUT2D eigenvalue weighted by atomic mass is 10.1. The van der Waals surface area contributed by atoms with Crippen LogP contribution in [0, 0.1) is 6.92 Å². The summed E-state index contributed by atoms with van der Waals surface area (Å²) in [6.45, 7) is 3.69. The van der Waals surface area contributed by atoms with Crippen LogP contribution < -0.4 is 0 Å². The van der Waals surface area contributed by atoms with Gasteiger partial charge in [-0.2, -0.15) is 0 Å². The SMILES string of the molecule is CCCCOC(=O)c1c(O)ccc(S(=O)(=O)CC=CCc2ccccn2)c1C. The minimum absolute atomic E-state index is 0.00947. The number of carbonyl (C=O) groups is 1. The van der Waals surface area contributed by atoms with Crippen LogP contribution in [0.2, 0.25) is 0 Å². The number of pyridine rings is 1. The quantitative estimate of drug-likeness (QED) is 0.390. The van der Waals surface area contributed by atoms with E-state index in [1.165, 1.54) is 19.1 Å². The van der Waals surface area contributed by atoms with Crippen molar-refractivity contribution in [3.05, 3.63) is 65.5 Å². The van der Waals surface area contributed by atoms with Crippen molar-refractivity contribution in [2.24, 2.45) is 0 Å². The summed E-state index contributed by atoms with van der Waals surface area (Å²) in [6, 6.07) is 8.08. The van der Waals surface area contributed by atoms with Crippen LogP contribution in [0.25, 0.3) is 0 Å². The van der Waals surface area contributed by atoms with Crippen LogP contribution >= 0.6 is 0 Å². The van der Waals surface area contributed by atoms with Crippen molar-refractivity contribution in [3.8, 4) is 5.75 Å². The van der Waals surface area contributed by atoms with E-state index in [1.54, 1.807) is 18.3 Å². The molecule has 0 aliphatic carbocycles. The number of phenols is 1. The third-order valence-corrected chi connectivity index (χ3v) is 5.94. The molecule has 0 bridgehead atoms. The Morgan fingerprint density at radius 2 is 2.00 bits per heavy atom. The van der Waals surface area contributed by atoms with Gasteiger partial charge < -0.3 is 9.84 Å². The predicted molar refractivity (Wildman–Crippen MR) is 107 cm³/mol. The first kappa shape index (κ1) is 21.6. The van der Waals surface area contributed by atoms with Crippen molar-refractivity contribution >= 4 is 15.8 Å². The molecule has 150 valence electrons. The van der Waals surface area contributed by atoms with E-state index in [0.717, 1.165) is 12.1 Å². The fourth-order valence-corrected chi connectivity index (χ4v) is 4.07. The van der Waals surface area contributed by atoms with Crippen LogP contribution in [-0.2, 0) is 21.0 Å². The Labute approximate surface area is 165 Å². The number of carbonyl (C=O) groups excluding carboxylic acids is 1. The average Bonchev–Trinajstić information content (AvgIpc) is 2.66. The second-order valence-electron chi connectivity index (χ2n) is 6.35. The minimum atomic E-state index is -3.67. The van der Waals surface area contributed by atoms with Crippen LogP contribution in [-0.4, -0.2) is 36.8 Å². The van der Waals surface area contributed by atoms with E-state index >= 15 is 0 Å². The van der Waals surface area contributed by atoms with Gasteiger partial charge in [-0.15, -0.1) is 0 Å². The molecule has 0 unspecified atom stereocenters. The molecule has 0 radical (unpaired) electrons. The highest BCUT2D eigenvalue weighted by molar-refractivity contribution is 7.91. The number of ether oxygens (including phenoxy) is 1. The Morgan fingerprint density at radius 1 is 1.21 bits per heavy atom. The van der Waals surface area contributed by atoms with E-state index in [9.17, 15) is 18.3 Å². The molecule has 0 amide bonds. The van der Waals surface area contributed by atoms with Gasteiger partial charge in [0.05, 0.1) is 17.3 Å². The zero-order valence-electron chi connectivity index (χ0n) is 16.1. The third-order valence-electron chi connectivity index (χ3n) is 4.20. The number of nitrogens with zero attached hydrogens (tertiary/aromatic N) is 1. The molecular weight excluding hydrogens is 378 g/mol. The first-order valence-electron chi connectivity index (χ1n) is 9.14. The van der Waals surface area contributed by atoms with Crippen molar-refractivity contribution in [2.45, 2.75) is 38.0 Å². The zero-order valence-corrected chi connectivity index (χ0v) is 16.9. The molecule has 2 aromatic rings. The Hall–Kier alpha value is -2.67. The minimum Gasteiger partial charge on any atom is -0.507 e. The number of sulfone groups is 1. The van der Waals surface area contributed by atoms with E-state index in [-0.39, 0.29) is 34.1 Å². The summed E-state index contributed by atoms with van der Waals surface area (Å²) in [5.41, 5.74) is 0.934. The van der Waals surface area contributed by atoms with Gasteiger partial charge in [0.2, 0.25) is 0 Å². The van der Waals surface area contributed by atoms with Gasteiger partial charge in [0.15, 0.2) is 9.84 Å². The lowest BCUT2D eigenvalue weighted by molar-refractivity contribution is 0.0495. The molecule has 1 aromatic carbocycles. The van der Waals surface area contributed by atoms with E-state index < -0.39 is 15.8 Å².